The maximum absolute atomic E-state index is 12.5. The maximum atomic E-state index is 12.5. The van der Waals surface area contributed by atoms with Gasteiger partial charge in [-0.2, -0.15) is 5.10 Å². The van der Waals surface area contributed by atoms with Gasteiger partial charge in [-0.05, 0) is 30.9 Å². The van der Waals surface area contributed by atoms with Crippen molar-refractivity contribution < 1.29 is 4.79 Å². The first kappa shape index (κ1) is 16.9. The summed E-state index contributed by atoms with van der Waals surface area (Å²) in [5.41, 5.74) is 4.42. The van der Waals surface area contributed by atoms with E-state index < -0.39 is 0 Å². The van der Waals surface area contributed by atoms with E-state index in [1.807, 2.05) is 25.3 Å². The highest BCUT2D eigenvalue weighted by Gasteiger charge is 2.21. The van der Waals surface area contributed by atoms with Crippen LogP contribution in [0.15, 0.2) is 23.1 Å². The highest BCUT2D eigenvalue weighted by Crippen LogP contribution is 2.24. The van der Waals surface area contributed by atoms with Crippen molar-refractivity contribution in [1.82, 2.24) is 15.5 Å². The number of anilines is 1. The Morgan fingerprint density at radius 2 is 2.23 bits per heavy atom. The Bertz CT molecular complexity index is 686. The lowest BCUT2D eigenvalue weighted by molar-refractivity contribution is 0.102. The van der Waals surface area contributed by atoms with Gasteiger partial charge in [0.05, 0.1) is 0 Å². The van der Waals surface area contributed by atoms with E-state index in [4.69, 9.17) is 0 Å². The van der Waals surface area contributed by atoms with Gasteiger partial charge < -0.3 is 10.6 Å². The number of H-pyrrole nitrogens is 1. The van der Waals surface area contributed by atoms with Crippen molar-refractivity contribution in [2.24, 2.45) is 0 Å². The molecule has 0 spiro atoms. The minimum absolute atomic E-state index is 0. The number of rotatable bonds is 3. The topological polar surface area (TPSA) is 69.8 Å². The number of halogens is 1. The fraction of sp³-hybridized carbons (Fsp3) is 0.333. The molecule has 1 aromatic carbocycles. The molecule has 0 radical (unpaired) electrons. The first-order valence-corrected chi connectivity index (χ1v) is 8.14. The fourth-order valence-corrected chi connectivity index (χ4v) is 2.90. The molecule has 22 heavy (non-hydrogen) atoms. The highest BCUT2D eigenvalue weighted by molar-refractivity contribution is 7.98. The van der Waals surface area contributed by atoms with Crippen molar-refractivity contribution in [2.75, 3.05) is 18.1 Å². The van der Waals surface area contributed by atoms with Gasteiger partial charge in [-0.1, -0.05) is 6.07 Å². The quantitative estimate of drug-likeness (QED) is 0.753. The van der Waals surface area contributed by atoms with Crippen LogP contribution in [-0.2, 0) is 13.0 Å². The number of hydrogen-bond acceptors (Lipinski definition) is 4. The molecule has 3 rings (SSSR count). The number of nitrogens with one attached hydrogen (secondary N) is 3. The number of amides is 1. The third-order valence-electron chi connectivity index (χ3n) is 3.71. The molecular weight excluding hydrogens is 320 g/mol. The minimum atomic E-state index is -0.155. The first-order valence-electron chi connectivity index (χ1n) is 6.92. The van der Waals surface area contributed by atoms with E-state index in [1.165, 1.54) is 0 Å². The lowest BCUT2D eigenvalue weighted by Crippen LogP contribution is -2.25. The molecule has 2 aromatic rings. The zero-order valence-corrected chi connectivity index (χ0v) is 14.2. The highest BCUT2D eigenvalue weighted by atomic mass is 35.5. The molecule has 1 aliphatic rings. The monoisotopic (exact) mass is 338 g/mol. The molecular formula is C15H19ClN4OS. The molecule has 0 fully saturated rings. The van der Waals surface area contributed by atoms with Crippen molar-refractivity contribution in [3.05, 3.63) is 40.7 Å². The van der Waals surface area contributed by atoms with Crippen LogP contribution in [0.25, 0.3) is 0 Å². The number of hydrogen-bond donors (Lipinski definition) is 3. The molecule has 0 saturated heterocycles. The van der Waals surface area contributed by atoms with Gasteiger partial charge in [0.15, 0.2) is 5.69 Å². The average molecular weight is 339 g/mol. The largest absolute Gasteiger partial charge is 0.320 e. The van der Waals surface area contributed by atoms with E-state index in [-0.39, 0.29) is 18.3 Å². The van der Waals surface area contributed by atoms with Crippen molar-refractivity contribution in [1.29, 1.82) is 0 Å². The Morgan fingerprint density at radius 3 is 3.00 bits per heavy atom. The number of aromatic nitrogens is 2. The van der Waals surface area contributed by atoms with Crippen molar-refractivity contribution in [3.63, 3.8) is 0 Å². The summed E-state index contributed by atoms with van der Waals surface area (Å²) < 4.78 is 0. The number of fused-ring (bicyclic) bond motifs is 1. The summed E-state index contributed by atoms with van der Waals surface area (Å²) in [5, 5.41) is 13.4. The third-order valence-corrected chi connectivity index (χ3v) is 4.44. The van der Waals surface area contributed by atoms with Crippen LogP contribution < -0.4 is 10.6 Å². The lowest BCUT2D eigenvalue weighted by atomic mass is 10.1. The van der Waals surface area contributed by atoms with Gasteiger partial charge >= 0.3 is 0 Å². The number of carbonyl (C=O) groups excluding carboxylic acids is 1. The molecule has 1 aliphatic heterocycles. The van der Waals surface area contributed by atoms with E-state index in [2.05, 4.69) is 26.9 Å². The van der Waals surface area contributed by atoms with Crippen LogP contribution in [0.5, 0.6) is 0 Å². The zero-order valence-electron chi connectivity index (χ0n) is 12.5. The molecule has 0 bridgehead atoms. The summed E-state index contributed by atoms with van der Waals surface area (Å²) >= 11 is 1.66. The third kappa shape index (κ3) is 3.29. The second-order valence-electron chi connectivity index (χ2n) is 5.09. The van der Waals surface area contributed by atoms with Crippen LogP contribution in [0.4, 0.5) is 5.69 Å². The second kappa shape index (κ2) is 7.17. The number of thioether (sulfide) groups is 1. The lowest BCUT2D eigenvalue weighted by Gasteiger charge is -2.13. The average Bonchev–Trinajstić information content (AvgIpc) is 2.93. The van der Waals surface area contributed by atoms with Crippen LogP contribution in [0.1, 0.15) is 27.3 Å². The minimum Gasteiger partial charge on any atom is -0.320 e. The molecule has 1 aromatic heterocycles. The smallest absolute Gasteiger partial charge is 0.276 e. The van der Waals surface area contributed by atoms with E-state index in [9.17, 15) is 4.79 Å². The summed E-state index contributed by atoms with van der Waals surface area (Å²) in [7, 11) is 0. The second-order valence-corrected chi connectivity index (χ2v) is 5.97. The zero-order chi connectivity index (χ0) is 14.8. The van der Waals surface area contributed by atoms with E-state index >= 15 is 0 Å². The fourth-order valence-electron chi connectivity index (χ4n) is 2.46. The normalized spacial score (nSPS) is 13.2. The Kier molecular flexibility index (Phi) is 5.50. The Balaban J connectivity index is 0.00000176. The van der Waals surface area contributed by atoms with Gasteiger partial charge in [-0.3, -0.25) is 9.89 Å². The number of aromatic amines is 1. The van der Waals surface area contributed by atoms with Crippen molar-refractivity contribution in [2.45, 2.75) is 24.8 Å². The molecule has 0 saturated carbocycles. The predicted molar refractivity (Wildman–Crippen MR) is 92.2 cm³/mol. The van der Waals surface area contributed by atoms with Crippen molar-refractivity contribution in [3.8, 4) is 0 Å². The Hall–Kier alpha value is -1.50. The van der Waals surface area contributed by atoms with Gasteiger partial charge in [0, 0.05) is 41.4 Å². The molecule has 118 valence electrons. The van der Waals surface area contributed by atoms with E-state index in [0.717, 1.165) is 40.4 Å². The van der Waals surface area contributed by atoms with Crippen LogP contribution >= 0.6 is 24.2 Å². The van der Waals surface area contributed by atoms with Crippen molar-refractivity contribution >= 4 is 35.8 Å². The van der Waals surface area contributed by atoms with Gasteiger partial charge in [0.25, 0.3) is 5.91 Å². The van der Waals surface area contributed by atoms with Crippen LogP contribution in [-0.4, -0.2) is 28.9 Å². The van der Waals surface area contributed by atoms with Crippen LogP contribution in [0, 0.1) is 6.92 Å². The summed E-state index contributed by atoms with van der Waals surface area (Å²) in [6.07, 6.45) is 2.91. The molecule has 1 amide bonds. The Morgan fingerprint density at radius 1 is 1.41 bits per heavy atom. The summed E-state index contributed by atoms with van der Waals surface area (Å²) in [4.78, 5) is 13.6. The predicted octanol–water partition coefficient (Wildman–Crippen LogP) is 2.76. The molecule has 5 nitrogen and oxygen atoms in total. The molecule has 3 N–H and O–H groups in total. The number of nitrogens with zero attached hydrogens (tertiary/aromatic N) is 1. The van der Waals surface area contributed by atoms with Crippen LogP contribution in [0.3, 0.4) is 0 Å². The summed E-state index contributed by atoms with van der Waals surface area (Å²) in [5.74, 6) is -0.155. The van der Waals surface area contributed by atoms with Gasteiger partial charge in [-0.15, -0.1) is 24.2 Å². The van der Waals surface area contributed by atoms with E-state index in [1.54, 1.807) is 11.8 Å². The number of aryl methyl sites for hydroxylation is 1. The Labute approximate surface area is 140 Å². The first-order chi connectivity index (χ1) is 10.2. The van der Waals surface area contributed by atoms with Gasteiger partial charge in [0.1, 0.15) is 0 Å². The SMILES string of the molecule is CSc1ccc(C)c(NC(=O)c2n[nH]c3c2CNCC3)c1.Cl. The van der Waals surface area contributed by atoms with Gasteiger partial charge in [0.2, 0.25) is 0 Å². The van der Waals surface area contributed by atoms with E-state index in [0.29, 0.717) is 12.2 Å². The van der Waals surface area contributed by atoms with Crippen LogP contribution in [0.2, 0.25) is 0 Å². The standard InChI is InChI=1S/C15H18N4OS.ClH/c1-9-3-4-10(21-2)7-13(9)17-15(20)14-11-8-16-6-5-12(11)18-19-14;/h3-4,7,16H,5-6,8H2,1-2H3,(H,17,20)(H,18,19);1H. The number of carbonyl (C=O) groups is 1. The molecule has 0 atom stereocenters. The number of benzene rings is 1. The van der Waals surface area contributed by atoms with Gasteiger partial charge in [-0.25, -0.2) is 0 Å². The molecule has 0 unspecified atom stereocenters. The molecule has 0 aliphatic carbocycles. The maximum Gasteiger partial charge on any atom is 0.276 e. The summed E-state index contributed by atoms with van der Waals surface area (Å²) in [6, 6.07) is 6.06. The molecule has 2 heterocycles. The molecule has 7 heteroatoms. The summed E-state index contributed by atoms with van der Waals surface area (Å²) in [6.45, 7) is 3.60.